The number of carbonyl (C=O) groups excluding carboxylic acids is 3. The zero-order valence-electron chi connectivity index (χ0n) is 21.3. The maximum atomic E-state index is 13.6. The third-order valence-electron chi connectivity index (χ3n) is 5.74. The molecule has 0 saturated carbocycles. The van der Waals surface area contributed by atoms with E-state index in [0.717, 1.165) is 11.8 Å². The van der Waals surface area contributed by atoms with Crippen molar-refractivity contribution < 1.29 is 29.0 Å². The fourth-order valence-corrected chi connectivity index (χ4v) is 4.75. The lowest BCUT2D eigenvalue weighted by atomic mass is 10.1. The zero-order valence-corrected chi connectivity index (χ0v) is 22.2. The Kier molecular flexibility index (Phi) is 9.74. The number of para-hydroxylation sites is 1. The maximum absolute atomic E-state index is 13.6. The van der Waals surface area contributed by atoms with E-state index in [1.165, 1.54) is 19.1 Å². The van der Waals surface area contributed by atoms with Gasteiger partial charge in [0, 0.05) is 0 Å². The van der Waals surface area contributed by atoms with Gasteiger partial charge in [0.1, 0.15) is 12.1 Å². The first-order valence-electron chi connectivity index (χ1n) is 11.8. The van der Waals surface area contributed by atoms with Gasteiger partial charge in [-0.1, -0.05) is 18.2 Å². The van der Waals surface area contributed by atoms with Gasteiger partial charge in [0.05, 0.1) is 24.8 Å². The number of primary amides is 1. The Morgan fingerprint density at radius 1 is 1.18 bits per heavy atom. The van der Waals surface area contributed by atoms with Crippen LogP contribution >= 0.6 is 11.8 Å². The number of amides is 3. The SMILES string of the molecule is COc1cc(C=C2SC(=Nc3ccccc3)N([C@H](C)C(=O)N[C@@H](CCCN)C(N)=O)C2=O)cc(OC)c1O. The van der Waals surface area contributed by atoms with Crippen molar-refractivity contribution in [2.45, 2.75) is 31.8 Å². The number of phenols is 1. The van der Waals surface area contributed by atoms with Crippen molar-refractivity contribution in [3.63, 3.8) is 0 Å². The zero-order chi connectivity index (χ0) is 27.8. The number of thioether (sulfide) groups is 1. The summed E-state index contributed by atoms with van der Waals surface area (Å²) in [4.78, 5) is 44.7. The molecule has 3 amide bonds. The number of rotatable bonds is 11. The highest BCUT2D eigenvalue weighted by Gasteiger charge is 2.40. The Morgan fingerprint density at radius 3 is 2.37 bits per heavy atom. The van der Waals surface area contributed by atoms with Gasteiger partial charge >= 0.3 is 0 Å². The summed E-state index contributed by atoms with van der Waals surface area (Å²) in [5, 5.41) is 13.1. The van der Waals surface area contributed by atoms with Gasteiger partial charge in [0.2, 0.25) is 17.6 Å². The van der Waals surface area contributed by atoms with Crippen molar-refractivity contribution in [1.82, 2.24) is 10.2 Å². The van der Waals surface area contributed by atoms with E-state index in [0.29, 0.717) is 24.2 Å². The average Bonchev–Trinajstić information content (AvgIpc) is 3.20. The third kappa shape index (κ3) is 6.64. The standard InChI is InChI=1S/C26H31N5O6S/c1-15(24(34)30-18(23(28)33)10-7-11-27)31-25(35)21(38-26(31)29-17-8-5-4-6-9-17)14-16-12-19(36-2)22(32)20(13-16)37-3/h4-6,8-9,12-15,18,32H,7,10-11,27H2,1-3H3,(H2,28,33)(H,30,34)/t15-,18+/m1/s1. The average molecular weight is 542 g/mol. The summed E-state index contributed by atoms with van der Waals surface area (Å²) < 4.78 is 10.4. The molecule has 1 saturated heterocycles. The van der Waals surface area contributed by atoms with Crippen molar-refractivity contribution in [3.05, 3.63) is 52.9 Å². The fraction of sp³-hybridized carbons (Fsp3) is 0.308. The summed E-state index contributed by atoms with van der Waals surface area (Å²) in [6, 6.07) is 10.2. The summed E-state index contributed by atoms with van der Waals surface area (Å²) in [5.41, 5.74) is 12.1. The third-order valence-corrected chi connectivity index (χ3v) is 6.72. The minimum absolute atomic E-state index is 0.167. The van der Waals surface area contributed by atoms with Gasteiger partial charge in [0.15, 0.2) is 16.7 Å². The number of ether oxygens (including phenoxy) is 2. The molecule has 3 rings (SSSR count). The lowest BCUT2D eigenvalue weighted by Gasteiger charge is -2.25. The molecule has 11 nitrogen and oxygen atoms in total. The number of aromatic hydroxyl groups is 1. The largest absolute Gasteiger partial charge is 0.502 e. The molecule has 1 heterocycles. The van der Waals surface area contributed by atoms with Crippen LogP contribution in [0.15, 0.2) is 52.4 Å². The van der Waals surface area contributed by atoms with E-state index in [9.17, 15) is 19.5 Å². The molecule has 0 bridgehead atoms. The molecule has 0 aromatic heterocycles. The van der Waals surface area contributed by atoms with Crippen LogP contribution in [0.2, 0.25) is 0 Å². The molecule has 1 aliphatic rings. The summed E-state index contributed by atoms with van der Waals surface area (Å²) in [7, 11) is 2.81. The number of methoxy groups -OCH3 is 2. The van der Waals surface area contributed by atoms with Crippen molar-refractivity contribution in [1.29, 1.82) is 0 Å². The Hall–Kier alpha value is -4.03. The van der Waals surface area contributed by atoms with E-state index in [1.807, 2.05) is 18.2 Å². The van der Waals surface area contributed by atoms with Crippen LogP contribution in [0.5, 0.6) is 17.2 Å². The molecule has 0 unspecified atom stereocenters. The quantitative estimate of drug-likeness (QED) is 0.314. The van der Waals surface area contributed by atoms with Gasteiger partial charge in [-0.25, -0.2) is 4.99 Å². The van der Waals surface area contributed by atoms with Crippen LogP contribution in [0.1, 0.15) is 25.3 Å². The summed E-state index contributed by atoms with van der Waals surface area (Å²) in [5.74, 6) is -1.53. The Labute approximate surface area is 224 Å². The van der Waals surface area contributed by atoms with E-state index >= 15 is 0 Å². The van der Waals surface area contributed by atoms with Crippen LogP contribution in [0.25, 0.3) is 6.08 Å². The first-order valence-corrected chi connectivity index (χ1v) is 12.6. The topological polar surface area (TPSA) is 170 Å². The predicted octanol–water partition coefficient (Wildman–Crippen LogP) is 2.11. The van der Waals surface area contributed by atoms with E-state index < -0.39 is 29.8 Å². The van der Waals surface area contributed by atoms with E-state index in [-0.39, 0.29) is 33.7 Å². The molecule has 6 N–H and O–H groups in total. The minimum atomic E-state index is -1.01. The number of benzene rings is 2. The molecule has 2 atom stereocenters. The summed E-state index contributed by atoms with van der Waals surface area (Å²) in [6.45, 7) is 1.89. The second kappa shape index (κ2) is 13.0. The van der Waals surface area contributed by atoms with Crippen LogP contribution in [0, 0.1) is 0 Å². The maximum Gasteiger partial charge on any atom is 0.267 e. The fourth-order valence-electron chi connectivity index (χ4n) is 3.68. The molecule has 1 fully saturated rings. The van der Waals surface area contributed by atoms with Crippen molar-refractivity contribution in [2.75, 3.05) is 20.8 Å². The summed E-state index contributed by atoms with van der Waals surface area (Å²) >= 11 is 1.09. The summed E-state index contributed by atoms with van der Waals surface area (Å²) in [6.07, 6.45) is 2.37. The van der Waals surface area contributed by atoms with Crippen molar-refractivity contribution >= 4 is 46.4 Å². The van der Waals surface area contributed by atoms with Gasteiger partial charge in [-0.3, -0.25) is 19.3 Å². The molecule has 0 radical (unpaired) electrons. The number of amidine groups is 1. The Balaban J connectivity index is 1.99. The van der Waals surface area contributed by atoms with Gasteiger partial charge in [0.25, 0.3) is 5.91 Å². The van der Waals surface area contributed by atoms with E-state index in [4.69, 9.17) is 20.9 Å². The van der Waals surface area contributed by atoms with Crippen LogP contribution in [0.4, 0.5) is 5.69 Å². The van der Waals surface area contributed by atoms with Crippen LogP contribution in [0.3, 0.4) is 0 Å². The second-order valence-corrected chi connectivity index (χ2v) is 9.37. The lowest BCUT2D eigenvalue weighted by molar-refractivity contribution is -0.134. The van der Waals surface area contributed by atoms with E-state index in [1.54, 1.807) is 37.3 Å². The Bertz CT molecular complexity index is 1220. The highest BCUT2D eigenvalue weighted by molar-refractivity contribution is 8.18. The number of hydrogen-bond acceptors (Lipinski definition) is 9. The molecular formula is C26H31N5O6S. The second-order valence-electron chi connectivity index (χ2n) is 8.36. The smallest absolute Gasteiger partial charge is 0.267 e. The number of phenolic OH excluding ortho intramolecular Hbond substituents is 1. The predicted molar refractivity (Wildman–Crippen MR) is 146 cm³/mol. The molecule has 2 aromatic carbocycles. The van der Waals surface area contributed by atoms with E-state index in [2.05, 4.69) is 10.3 Å². The van der Waals surface area contributed by atoms with Gasteiger partial charge < -0.3 is 31.4 Å². The highest BCUT2D eigenvalue weighted by Crippen LogP contribution is 2.40. The van der Waals surface area contributed by atoms with Crippen LogP contribution in [-0.4, -0.2) is 65.7 Å². The first-order chi connectivity index (χ1) is 18.2. The van der Waals surface area contributed by atoms with Gasteiger partial charge in [-0.2, -0.15) is 0 Å². The van der Waals surface area contributed by atoms with Gasteiger partial charge in [-0.05, 0) is 74.0 Å². The lowest BCUT2D eigenvalue weighted by Crippen LogP contribution is -2.53. The Morgan fingerprint density at radius 2 is 1.82 bits per heavy atom. The number of nitrogens with zero attached hydrogens (tertiary/aromatic N) is 2. The minimum Gasteiger partial charge on any atom is -0.502 e. The van der Waals surface area contributed by atoms with Crippen LogP contribution < -0.4 is 26.3 Å². The molecular weight excluding hydrogens is 510 g/mol. The van der Waals surface area contributed by atoms with Crippen molar-refractivity contribution in [2.24, 2.45) is 16.5 Å². The molecule has 0 spiro atoms. The van der Waals surface area contributed by atoms with Gasteiger partial charge in [-0.15, -0.1) is 0 Å². The molecule has 38 heavy (non-hydrogen) atoms. The first kappa shape index (κ1) is 28.5. The molecule has 12 heteroatoms. The molecule has 2 aromatic rings. The molecule has 0 aliphatic carbocycles. The number of hydrogen-bond donors (Lipinski definition) is 4. The molecule has 1 aliphatic heterocycles. The number of nitrogens with two attached hydrogens (primary N) is 2. The van der Waals surface area contributed by atoms with Crippen LogP contribution in [-0.2, 0) is 14.4 Å². The normalized spacial score (nSPS) is 16.9. The number of nitrogens with one attached hydrogen (secondary N) is 1. The number of carbonyl (C=O) groups is 3. The monoisotopic (exact) mass is 541 g/mol. The number of aliphatic imine (C=N–C) groups is 1. The highest BCUT2D eigenvalue weighted by atomic mass is 32.2. The molecule has 202 valence electrons. The van der Waals surface area contributed by atoms with Crippen molar-refractivity contribution in [3.8, 4) is 17.2 Å².